The van der Waals surface area contributed by atoms with E-state index in [1.807, 2.05) is 40.0 Å². The van der Waals surface area contributed by atoms with Gasteiger partial charge in [0.1, 0.15) is 6.79 Å². The predicted octanol–water partition coefficient (Wildman–Crippen LogP) is 5.39. The maximum atomic E-state index is 12.4. The Hall–Kier alpha value is -2.39. The lowest BCUT2D eigenvalue weighted by Gasteiger charge is -2.31. The van der Waals surface area contributed by atoms with E-state index in [1.54, 1.807) is 18.2 Å². The number of carbonyl (C=O) groups excluding carboxylic acids is 1. The molecule has 0 aliphatic carbocycles. The number of nitrogens with zero attached hydrogens (tertiary/aromatic N) is 2. The lowest BCUT2D eigenvalue weighted by molar-refractivity contribution is -0.0980. The largest absolute Gasteiger partial charge is 0.490 e. The number of hydrogen-bond donors (Lipinski definition) is 1. The number of halogens is 3. The molecule has 1 aliphatic rings. The fourth-order valence-electron chi connectivity index (χ4n) is 3.25. The fraction of sp³-hybridized carbons (Fsp3) is 0.600. The summed E-state index contributed by atoms with van der Waals surface area (Å²) < 4.78 is 44.6. The van der Waals surface area contributed by atoms with Gasteiger partial charge >= 0.3 is 6.61 Å². The number of likely N-dealkylation sites (tertiary alicyclic amines) is 1. The highest BCUT2D eigenvalue weighted by molar-refractivity contribution is 5.84. The molecule has 6 nitrogen and oxygen atoms in total. The third kappa shape index (κ3) is 16.3. The second-order valence-electron chi connectivity index (χ2n) is 6.99. The van der Waals surface area contributed by atoms with Gasteiger partial charge in [0.25, 0.3) is 0 Å². The highest BCUT2D eigenvalue weighted by atomic mass is 19.3. The summed E-state index contributed by atoms with van der Waals surface area (Å²) in [5, 5.41) is 3.05. The number of hydrogen-bond acceptors (Lipinski definition) is 6. The molecule has 1 heterocycles. The molecule has 34 heavy (non-hydrogen) atoms. The molecule has 9 heteroatoms. The SMILES string of the molecule is C=O.CC.CF.CNCC=CN=C(C)CN1CCC(CCOc2ccccc2OC(F)F)CC1. The molecule has 1 aromatic rings. The van der Waals surface area contributed by atoms with Gasteiger partial charge in [-0.15, -0.1) is 0 Å². The number of benzene rings is 1. The average molecular weight is 490 g/mol. The summed E-state index contributed by atoms with van der Waals surface area (Å²) in [6, 6.07) is 6.57. The second-order valence-corrected chi connectivity index (χ2v) is 6.99. The Morgan fingerprint density at radius 2 is 1.79 bits per heavy atom. The summed E-state index contributed by atoms with van der Waals surface area (Å²) in [6.07, 6.45) is 6.99. The van der Waals surface area contributed by atoms with E-state index in [9.17, 15) is 13.2 Å². The molecule has 1 saturated heterocycles. The van der Waals surface area contributed by atoms with Crippen molar-refractivity contribution in [1.29, 1.82) is 0 Å². The van der Waals surface area contributed by atoms with E-state index in [0.717, 1.165) is 51.2 Å². The molecule has 1 N–H and O–H groups in total. The molecule has 0 bridgehead atoms. The van der Waals surface area contributed by atoms with E-state index in [2.05, 4.69) is 26.9 Å². The second kappa shape index (κ2) is 23.8. The van der Waals surface area contributed by atoms with Gasteiger partial charge in [0, 0.05) is 25.0 Å². The van der Waals surface area contributed by atoms with Gasteiger partial charge in [0.2, 0.25) is 0 Å². The summed E-state index contributed by atoms with van der Waals surface area (Å²) in [5.41, 5.74) is 1.12. The Morgan fingerprint density at radius 1 is 1.21 bits per heavy atom. The van der Waals surface area contributed by atoms with Gasteiger partial charge in [-0.3, -0.25) is 14.3 Å². The molecule has 196 valence electrons. The van der Waals surface area contributed by atoms with Gasteiger partial charge in [-0.2, -0.15) is 8.78 Å². The van der Waals surface area contributed by atoms with Gasteiger partial charge in [-0.05, 0) is 64.4 Å². The van der Waals surface area contributed by atoms with Crippen LogP contribution in [0.1, 0.15) is 40.0 Å². The van der Waals surface area contributed by atoms with Gasteiger partial charge < -0.3 is 19.6 Å². The molecule has 0 radical (unpaired) electrons. The number of nitrogens with one attached hydrogen (secondary N) is 1. The van der Waals surface area contributed by atoms with Crippen molar-refractivity contribution < 1.29 is 27.4 Å². The molecule has 2 rings (SSSR count). The minimum Gasteiger partial charge on any atom is -0.490 e. The maximum absolute atomic E-state index is 12.4. The van der Waals surface area contributed by atoms with Crippen LogP contribution in [0.15, 0.2) is 41.5 Å². The quantitative estimate of drug-likeness (QED) is 0.422. The van der Waals surface area contributed by atoms with Crippen molar-refractivity contribution in [2.24, 2.45) is 10.9 Å². The van der Waals surface area contributed by atoms with Crippen LogP contribution in [-0.2, 0) is 4.79 Å². The first kappa shape index (κ1) is 33.8. The van der Waals surface area contributed by atoms with Crippen molar-refractivity contribution in [3.63, 3.8) is 0 Å². The minimum absolute atomic E-state index is 0.0887. The summed E-state index contributed by atoms with van der Waals surface area (Å²) in [5.74, 6) is 1.05. The number of para-hydroxylation sites is 2. The number of ether oxygens (including phenoxy) is 2. The highest BCUT2D eigenvalue weighted by Gasteiger charge is 2.19. The zero-order valence-electron chi connectivity index (χ0n) is 21.2. The highest BCUT2D eigenvalue weighted by Crippen LogP contribution is 2.29. The first-order valence-corrected chi connectivity index (χ1v) is 11.5. The maximum Gasteiger partial charge on any atom is 0.387 e. The summed E-state index contributed by atoms with van der Waals surface area (Å²) in [6.45, 7) is 9.52. The number of piperidine rings is 1. The zero-order chi connectivity index (χ0) is 26.2. The van der Waals surface area contributed by atoms with Crippen LogP contribution >= 0.6 is 0 Å². The van der Waals surface area contributed by atoms with Crippen LogP contribution in [0.4, 0.5) is 13.2 Å². The Morgan fingerprint density at radius 3 is 2.35 bits per heavy atom. The smallest absolute Gasteiger partial charge is 0.387 e. The van der Waals surface area contributed by atoms with E-state index in [0.29, 0.717) is 25.5 Å². The Balaban J connectivity index is 0. The molecule has 0 saturated carbocycles. The van der Waals surface area contributed by atoms with Gasteiger partial charge in [0.15, 0.2) is 11.5 Å². The third-order valence-electron chi connectivity index (χ3n) is 4.73. The van der Waals surface area contributed by atoms with E-state index in [4.69, 9.17) is 9.53 Å². The van der Waals surface area contributed by atoms with Crippen molar-refractivity contribution in [1.82, 2.24) is 10.2 Å². The van der Waals surface area contributed by atoms with Crippen LogP contribution in [0.3, 0.4) is 0 Å². The molecular weight excluding hydrogens is 447 g/mol. The zero-order valence-corrected chi connectivity index (χ0v) is 21.2. The minimum atomic E-state index is -2.85. The van der Waals surface area contributed by atoms with Crippen LogP contribution in [0.2, 0.25) is 0 Å². The van der Waals surface area contributed by atoms with Gasteiger partial charge in [-0.25, -0.2) is 0 Å². The van der Waals surface area contributed by atoms with Crippen molar-refractivity contribution in [3.05, 3.63) is 36.5 Å². The number of aliphatic imine (C=N–C) groups is 1. The molecule has 0 unspecified atom stereocenters. The van der Waals surface area contributed by atoms with Crippen LogP contribution in [-0.4, -0.2) is 71.0 Å². The average Bonchev–Trinajstić information content (AvgIpc) is 2.87. The predicted molar refractivity (Wildman–Crippen MR) is 134 cm³/mol. The van der Waals surface area contributed by atoms with Crippen molar-refractivity contribution in [2.45, 2.75) is 46.6 Å². The van der Waals surface area contributed by atoms with Crippen LogP contribution in [0.25, 0.3) is 0 Å². The van der Waals surface area contributed by atoms with E-state index in [-0.39, 0.29) is 5.75 Å². The standard InChI is InChI=1S/C21H31F2N3O2.C2H6.CH3F.CH2O/c1-17(25-12-5-11-24-2)16-26-13-8-18(9-14-26)10-15-27-19-6-3-4-7-20(19)28-21(22)23;3*1-2/h3-7,12,18,21,24H,8-11,13-16H2,1-2H3;1-2H3;1H3;1H2. The molecule has 0 spiro atoms. The van der Waals surface area contributed by atoms with Crippen LogP contribution < -0.4 is 14.8 Å². The van der Waals surface area contributed by atoms with Crippen molar-refractivity contribution >= 4 is 12.5 Å². The number of carbonyl (C=O) groups is 1. The molecular formula is C25H42F3N3O3. The molecule has 0 aromatic heterocycles. The lowest BCUT2D eigenvalue weighted by Crippen LogP contribution is -2.37. The monoisotopic (exact) mass is 489 g/mol. The molecule has 1 fully saturated rings. The molecule has 1 aliphatic heterocycles. The summed E-state index contributed by atoms with van der Waals surface area (Å²) >= 11 is 0. The van der Waals surface area contributed by atoms with Crippen molar-refractivity contribution in [2.75, 3.05) is 47.0 Å². The molecule has 0 atom stereocenters. The van der Waals surface area contributed by atoms with E-state index in [1.165, 1.54) is 6.07 Å². The Labute approximate surface area is 203 Å². The van der Waals surface area contributed by atoms with Crippen LogP contribution in [0, 0.1) is 5.92 Å². The first-order valence-electron chi connectivity index (χ1n) is 11.5. The topological polar surface area (TPSA) is 63.2 Å². The Kier molecular flexibility index (Phi) is 23.6. The van der Waals surface area contributed by atoms with E-state index >= 15 is 0 Å². The summed E-state index contributed by atoms with van der Waals surface area (Å²) in [7, 11) is 2.41. The Bertz CT molecular complexity index is 653. The number of likely N-dealkylation sites (N-methyl/N-ethyl adjacent to an activating group) is 1. The first-order chi connectivity index (χ1) is 16.6. The van der Waals surface area contributed by atoms with Gasteiger partial charge in [0.05, 0.1) is 13.8 Å². The lowest BCUT2D eigenvalue weighted by atomic mass is 9.94. The van der Waals surface area contributed by atoms with E-state index < -0.39 is 6.61 Å². The number of alkyl halides is 3. The molecule has 1 aromatic carbocycles. The normalized spacial score (nSPS) is 14.3. The summed E-state index contributed by atoms with van der Waals surface area (Å²) in [4.78, 5) is 14.9. The van der Waals surface area contributed by atoms with Crippen molar-refractivity contribution in [3.8, 4) is 11.5 Å². The van der Waals surface area contributed by atoms with Gasteiger partial charge in [-0.1, -0.05) is 32.1 Å². The third-order valence-corrected chi connectivity index (χ3v) is 4.73. The number of rotatable bonds is 11. The molecule has 0 amide bonds. The van der Waals surface area contributed by atoms with Crippen LogP contribution in [0.5, 0.6) is 11.5 Å². The fourth-order valence-corrected chi connectivity index (χ4v) is 3.25.